The summed E-state index contributed by atoms with van der Waals surface area (Å²) in [6.07, 6.45) is 2.11. The monoisotopic (exact) mass is 328 g/mol. The Morgan fingerprint density at radius 2 is 1.86 bits per heavy atom. The van der Waals surface area contributed by atoms with E-state index in [1.54, 1.807) is 6.07 Å². The van der Waals surface area contributed by atoms with Gasteiger partial charge in [0.25, 0.3) is 5.69 Å². The zero-order valence-electron chi connectivity index (χ0n) is 10.4. The standard InChI is InChI=1S/C11H9ClN4O4S/c12-11-13-6-9(7-14-11)21(19,20)15-5-8-3-1-2-4-10(8)16(17)18/h1-4,6-7,15H,5H2. The Morgan fingerprint density at radius 3 is 2.48 bits per heavy atom. The van der Waals surface area contributed by atoms with Crippen LogP contribution < -0.4 is 4.72 Å². The average molecular weight is 329 g/mol. The Hall–Kier alpha value is -2.10. The van der Waals surface area contributed by atoms with Gasteiger partial charge in [0.15, 0.2) is 0 Å². The molecule has 0 aliphatic heterocycles. The summed E-state index contributed by atoms with van der Waals surface area (Å²) < 4.78 is 26.2. The van der Waals surface area contributed by atoms with Gasteiger partial charge in [0.1, 0.15) is 4.90 Å². The molecule has 110 valence electrons. The van der Waals surface area contributed by atoms with Crippen LogP contribution in [0.2, 0.25) is 5.28 Å². The topological polar surface area (TPSA) is 115 Å². The lowest BCUT2D eigenvalue weighted by Gasteiger charge is -2.06. The number of nitrogens with one attached hydrogen (secondary N) is 1. The third-order valence-corrected chi connectivity index (χ3v) is 4.10. The van der Waals surface area contributed by atoms with Crippen LogP contribution in [0.1, 0.15) is 5.56 Å². The number of nitrogens with zero attached hydrogens (tertiary/aromatic N) is 3. The Labute approximate surface area is 125 Å². The molecule has 0 aliphatic rings. The minimum absolute atomic E-state index is 0.0763. The van der Waals surface area contributed by atoms with Crippen LogP contribution in [0.4, 0.5) is 5.69 Å². The van der Waals surface area contributed by atoms with Crippen LogP contribution in [-0.2, 0) is 16.6 Å². The van der Waals surface area contributed by atoms with E-state index in [0.29, 0.717) is 0 Å². The van der Waals surface area contributed by atoms with Crippen molar-refractivity contribution in [3.05, 3.63) is 57.6 Å². The van der Waals surface area contributed by atoms with Crippen molar-refractivity contribution in [2.75, 3.05) is 0 Å². The molecule has 1 N–H and O–H groups in total. The molecule has 1 aromatic carbocycles. The van der Waals surface area contributed by atoms with Crippen molar-refractivity contribution in [3.8, 4) is 0 Å². The normalized spacial score (nSPS) is 11.3. The zero-order valence-corrected chi connectivity index (χ0v) is 12.0. The summed E-state index contributed by atoms with van der Waals surface area (Å²) in [5.74, 6) is 0. The molecule has 2 rings (SSSR count). The van der Waals surface area contributed by atoms with Gasteiger partial charge in [-0.05, 0) is 11.6 Å². The third-order valence-electron chi connectivity index (χ3n) is 2.55. The number of para-hydroxylation sites is 1. The fraction of sp³-hybridized carbons (Fsp3) is 0.0909. The van der Waals surface area contributed by atoms with Crippen molar-refractivity contribution in [3.63, 3.8) is 0 Å². The van der Waals surface area contributed by atoms with Gasteiger partial charge in [0.05, 0.1) is 17.3 Å². The zero-order chi connectivity index (χ0) is 15.5. The number of halogens is 1. The number of nitro groups is 1. The lowest BCUT2D eigenvalue weighted by Crippen LogP contribution is -2.24. The van der Waals surface area contributed by atoms with E-state index in [1.165, 1.54) is 18.2 Å². The SMILES string of the molecule is O=[N+]([O-])c1ccccc1CNS(=O)(=O)c1cnc(Cl)nc1. The largest absolute Gasteiger partial charge is 0.273 e. The minimum Gasteiger partial charge on any atom is -0.258 e. The number of hydrogen-bond donors (Lipinski definition) is 1. The molecule has 2 aromatic rings. The molecule has 0 saturated heterocycles. The van der Waals surface area contributed by atoms with E-state index in [4.69, 9.17) is 11.6 Å². The number of sulfonamides is 1. The molecular weight excluding hydrogens is 320 g/mol. The minimum atomic E-state index is -3.87. The second-order valence-electron chi connectivity index (χ2n) is 3.90. The van der Waals surface area contributed by atoms with Crippen molar-refractivity contribution in [2.24, 2.45) is 0 Å². The first kappa shape index (κ1) is 15.3. The molecule has 1 aromatic heterocycles. The highest BCUT2D eigenvalue weighted by molar-refractivity contribution is 7.89. The van der Waals surface area contributed by atoms with Gasteiger partial charge in [-0.3, -0.25) is 10.1 Å². The van der Waals surface area contributed by atoms with Gasteiger partial charge in [0.2, 0.25) is 15.3 Å². The van der Waals surface area contributed by atoms with E-state index in [9.17, 15) is 18.5 Å². The maximum Gasteiger partial charge on any atom is 0.273 e. The van der Waals surface area contributed by atoms with E-state index in [0.717, 1.165) is 12.4 Å². The second-order valence-corrected chi connectivity index (χ2v) is 6.00. The van der Waals surface area contributed by atoms with Gasteiger partial charge in [-0.15, -0.1) is 0 Å². The smallest absolute Gasteiger partial charge is 0.258 e. The molecule has 10 heteroatoms. The van der Waals surface area contributed by atoms with Crippen molar-refractivity contribution in [1.82, 2.24) is 14.7 Å². The predicted octanol–water partition coefficient (Wildman–Crippen LogP) is 1.52. The summed E-state index contributed by atoms with van der Waals surface area (Å²) in [5, 5.41) is 10.8. The first-order valence-corrected chi connectivity index (χ1v) is 7.46. The van der Waals surface area contributed by atoms with E-state index in [-0.39, 0.29) is 28.0 Å². The van der Waals surface area contributed by atoms with Crippen molar-refractivity contribution >= 4 is 27.3 Å². The summed E-state index contributed by atoms with van der Waals surface area (Å²) in [5.41, 5.74) is 0.0912. The third kappa shape index (κ3) is 3.72. The van der Waals surface area contributed by atoms with E-state index in [2.05, 4.69) is 14.7 Å². The van der Waals surface area contributed by atoms with Gasteiger partial charge in [-0.1, -0.05) is 18.2 Å². The fourth-order valence-electron chi connectivity index (χ4n) is 1.53. The molecule has 0 aliphatic carbocycles. The molecule has 0 bridgehead atoms. The molecule has 0 fully saturated rings. The summed E-state index contributed by atoms with van der Waals surface area (Å²) in [7, 11) is -3.87. The van der Waals surface area contributed by atoms with Gasteiger partial charge in [-0.2, -0.15) is 0 Å². The predicted molar refractivity (Wildman–Crippen MR) is 74.2 cm³/mol. The van der Waals surface area contributed by atoms with Gasteiger partial charge >= 0.3 is 0 Å². The first-order chi connectivity index (χ1) is 9.90. The number of nitro benzene ring substituents is 1. The molecule has 0 amide bonds. The lowest BCUT2D eigenvalue weighted by molar-refractivity contribution is -0.385. The molecule has 1 heterocycles. The van der Waals surface area contributed by atoms with Crippen molar-refractivity contribution in [2.45, 2.75) is 11.4 Å². The van der Waals surface area contributed by atoms with Crippen LogP contribution in [0.15, 0.2) is 41.6 Å². The average Bonchev–Trinajstić information content (AvgIpc) is 2.46. The Kier molecular flexibility index (Phi) is 4.46. The Bertz CT molecular complexity index is 764. The highest BCUT2D eigenvalue weighted by atomic mass is 35.5. The van der Waals surface area contributed by atoms with E-state index in [1.807, 2.05) is 0 Å². The summed E-state index contributed by atoms with van der Waals surface area (Å²) in [4.78, 5) is 17.2. The molecule has 0 radical (unpaired) electrons. The van der Waals surface area contributed by atoms with Crippen LogP contribution >= 0.6 is 11.6 Å². The van der Waals surface area contributed by atoms with E-state index >= 15 is 0 Å². The summed E-state index contributed by atoms with van der Waals surface area (Å²) in [6, 6.07) is 5.86. The maximum atomic E-state index is 12.0. The van der Waals surface area contributed by atoms with Crippen LogP contribution in [0.3, 0.4) is 0 Å². The molecule has 0 atom stereocenters. The molecular formula is C11H9ClN4O4S. The van der Waals surface area contributed by atoms with Gasteiger partial charge in [0, 0.05) is 18.2 Å². The molecule has 0 saturated carbocycles. The molecule has 0 spiro atoms. The number of hydrogen-bond acceptors (Lipinski definition) is 6. The second kappa shape index (κ2) is 6.12. The highest BCUT2D eigenvalue weighted by Gasteiger charge is 2.18. The number of benzene rings is 1. The van der Waals surface area contributed by atoms with Crippen LogP contribution in [0.5, 0.6) is 0 Å². The summed E-state index contributed by atoms with van der Waals surface area (Å²) in [6.45, 7) is -0.220. The Morgan fingerprint density at radius 1 is 1.24 bits per heavy atom. The van der Waals surface area contributed by atoms with Crippen molar-refractivity contribution < 1.29 is 13.3 Å². The van der Waals surface area contributed by atoms with E-state index < -0.39 is 14.9 Å². The number of aromatic nitrogens is 2. The lowest BCUT2D eigenvalue weighted by atomic mass is 10.2. The highest BCUT2D eigenvalue weighted by Crippen LogP contribution is 2.18. The Balaban J connectivity index is 2.19. The van der Waals surface area contributed by atoms with Crippen LogP contribution in [-0.4, -0.2) is 23.3 Å². The van der Waals surface area contributed by atoms with Crippen LogP contribution in [0.25, 0.3) is 0 Å². The molecule has 8 nitrogen and oxygen atoms in total. The van der Waals surface area contributed by atoms with Gasteiger partial charge in [-0.25, -0.2) is 23.1 Å². The summed E-state index contributed by atoms with van der Waals surface area (Å²) >= 11 is 5.48. The fourth-order valence-corrected chi connectivity index (χ4v) is 2.53. The van der Waals surface area contributed by atoms with Crippen molar-refractivity contribution in [1.29, 1.82) is 0 Å². The maximum absolute atomic E-state index is 12.0. The molecule has 21 heavy (non-hydrogen) atoms. The number of rotatable bonds is 5. The quantitative estimate of drug-likeness (QED) is 0.505. The van der Waals surface area contributed by atoms with Gasteiger partial charge < -0.3 is 0 Å². The first-order valence-electron chi connectivity index (χ1n) is 5.59. The van der Waals surface area contributed by atoms with Crippen LogP contribution in [0, 0.1) is 10.1 Å². The molecule has 0 unspecified atom stereocenters.